The fourth-order valence-electron chi connectivity index (χ4n) is 2.99. The van der Waals surface area contributed by atoms with E-state index in [1.807, 2.05) is 30.3 Å². The second kappa shape index (κ2) is 10.7. The lowest BCUT2D eigenvalue weighted by atomic mass is 10.0. The Hall–Kier alpha value is -2.45. The van der Waals surface area contributed by atoms with Gasteiger partial charge in [-0.3, -0.25) is 4.79 Å². The van der Waals surface area contributed by atoms with Crippen molar-refractivity contribution in [1.82, 2.24) is 5.32 Å². The highest BCUT2D eigenvalue weighted by molar-refractivity contribution is 7.99. The summed E-state index contributed by atoms with van der Waals surface area (Å²) in [6.45, 7) is 4.51. The van der Waals surface area contributed by atoms with Crippen molar-refractivity contribution in [3.05, 3.63) is 75.3 Å². The molecular formula is C25H22Cl2N2OS. The molecule has 3 nitrogen and oxygen atoms in total. The van der Waals surface area contributed by atoms with Crippen molar-refractivity contribution in [2.75, 3.05) is 6.54 Å². The number of nitrogens with one attached hydrogen (secondary N) is 1. The first-order valence-electron chi connectivity index (χ1n) is 9.92. The van der Waals surface area contributed by atoms with Gasteiger partial charge in [0.05, 0.1) is 17.0 Å². The Morgan fingerprint density at radius 3 is 2.74 bits per heavy atom. The highest BCUT2D eigenvalue weighted by atomic mass is 35.5. The number of halogens is 2. The number of allylic oxidation sites excluding steroid dienone is 4. The van der Waals surface area contributed by atoms with Gasteiger partial charge >= 0.3 is 0 Å². The monoisotopic (exact) mass is 468 g/mol. The predicted octanol–water partition coefficient (Wildman–Crippen LogP) is 7.16. The highest BCUT2D eigenvalue weighted by Crippen LogP contribution is 2.42. The van der Waals surface area contributed by atoms with Crippen LogP contribution in [0.4, 0.5) is 5.69 Å². The lowest BCUT2D eigenvalue weighted by molar-refractivity contribution is 0.0953. The molecule has 2 aromatic carbocycles. The van der Waals surface area contributed by atoms with Gasteiger partial charge < -0.3 is 5.32 Å². The largest absolute Gasteiger partial charge is 0.352 e. The highest BCUT2D eigenvalue weighted by Gasteiger charge is 2.21. The van der Waals surface area contributed by atoms with Crippen molar-refractivity contribution in [3.8, 4) is 12.3 Å². The Labute approximate surface area is 197 Å². The molecule has 0 radical (unpaired) electrons. The van der Waals surface area contributed by atoms with E-state index < -0.39 is 0 Å². The van der Waals surface area contributed by atoms with Crippen LogP contribution in [-0.4, -0.2) is 18.2 Å². The first-order chi connectivity index (χ1) is 14.9. The molecule has 1 N–H and O–H groups in total. The van der Waals surface area contributed by atoms with Crippen molar-refractivity contribution >= 4 is 52.3 Å². The van der Waals surface area contributed by atoms with E-state index in [-0.39, 0.29) is 5.91 Å². The summed E-state index contributed by atoms with van der Waals surface area (Å²) in [5.41, 5.74) is 3.35. The van der Waals surface area contributed by atoms with Crippen molar-refractivity contribution in [2.45, 2.75) is 36.5 Å². The number of nitrogens with zero attached hydrogens (tertiary/aromatic N) is 1. The van der Waals surface area contributed by atoms with Crippen LogP contribution in [0.2, 0.25) is 5.02 Å². The third-order valence-corrected chi connectivity index (χ3v) is 6.06. The molecule has 0 fully saturated rings. The molecule has 6 heteroatoms. The molecule has 1 aliphatic rings. The van der Waals surface area contributed by atoms with Gasteiger partial charge in [-0.1, -0.05) is 60.3 Å². The molecule has 158 valence electrons. The van der Waals surface area contributed by atoms with E-state index in [1.54, 1.807) is 36.9 Å². The number of terminal acetylenes is 1. The third-order valence-electron chi connectivity index (χ3n) is 4.58. The topological polar surface area (TPSA) is 41.5 Å². The van der Waals surface area contributed by atoms with Crippen molar-refractivity contribution in [1.29, 1.82) is 0 Å². The molecule has 0 atom stereocenters. The normalized spacial score (nSPS) is 13.5. The van der Waals surface area contributed by atoms with E-state index in [0.717, 1.165) is 28.2 Å². The quantitative estimate of drug-likeness (QED) is 0.277. The third kappa shape index (κ3) is 5.83. The van der Waals surface area contributed by atoms with Gasteiger partial charge in [0.1, 0.15) is 0 Å². The summed E-state index contributed by atoms with van der Waals surface area (Å²) in [7, 11) is 0. The van der Waals surface area contributed by atoms with Crippen LogP contribution in [0.1, 0.15) is 42.6 Å². The van der Waals surface area contributed by atoms with E-state index in [4.69, 9.17) is 34.6 Å². The second-order valence-corrected chi connectivity index (χ2v) is 9.09. The summed E-state index contributed by atoms with van der Waals surface area (Å²) >= 11 is 13.8. The van der Waals surface area contributed by atoms with Crippen LogP contribution < -0.4 is 5.32 Å². The van der Waals surface area contributed by atoms with Gasteiger partial charge in [-0.05, 0) is 55.8 Å². The molecule has 3 rings (SSSR count). The Morgan fingerprint density at radius 2 is 2.03 bits per heavy atom. The minimum Gasteiger partial charge on any atom is -0.352 e. The second-order valence-electron chi connectivity index (χ2n) is 6.97. The predicted molar refractivity (Wildman–Crippen MR) is 132 cm³/mol. The van der Waals surface area contributed by atoms with Gasteiger partial charge in [0.15, 0.2) is 0 Å². The van der Waals surface area contributed by atoms with Crippen LogP contribution >= 0.6 is 35.0 Å². The van der Waals surface area contributed by atoms with E-state index in [0.29, 0.717) is 39.1 Å². The van der Waals surface area contributed by atoms with E-state index >= 15 is 0 Å². The molecule has 0 spiro atoms. The number of carbonyl (C=O) groups excluding carboxylic acids is 1. The van der Waals surface area contributed by atoms with Gasteiger partial charge in [0, 0.05) is 37.5 Å². The van der Waals surface area contributed by atoms with Crippen LogP contribution in [0.25, 0.3) is 0 Å². The lowest BCUT2D eigenvalue weighted by Crippen LogP contribution is -2.24. The summed E-state index contributed by atoms with van der Waals surface area (Å²) in [5.74, 6) is 2.60. The number of amides is 1. The fourth-order valence-corrected chi connectivity index (χ4v) is 4.33. The molecule has 1 amide bonds. The Kier molecular flexibility index (Phi) is 8.03. The Balaban J connectivity index is 2.12. The minimum atomic E-state index is -0.115. The number of fused-ring (bicyclic) bond motifs is 2. The zero-order valence-corrected chi connectivity index (χ0v) is 19.7. The average Bonchev–Trinajstić information content (AvgIpc) is 2.89. The molecule has 1 aliphatic heterocycles. The minimum absolute atomic E-state index is 0.115. The van der Waals surface area contributed by atoms with E-state index in [9.17, 15) is 4.79 Å². The first kappa shape index (κ1) is 23.2. The van der Waals surface area contributed by atoms with Crippen molar-refractivity contribution in [2.24, 2.45) is 4.99 Å². The molecule has 0 aromatic heterocycles. The van der Waals surface area contributed by atoms with E-state index in [2.05, 4.69) is 18.2 Å². The summed E-state index contributed by atoms with van der Waals surface area (Å²) < 4.78 is 0. The van der Waals surface area contributed by atoms with Crippen molar-refractivity contribution < 1.29 is 4.79 Å². The summed E-state index contributed by atoms with van der Waals surface area (Å²) in [6, 6.07) is 11.2. The van der Waals surface area contributed by atoms with Crippen molar-refractivity contribution in [3.63, 3.8) is 0 Å². The lowest BCUT2D eigenvalue weighted by Gasteiger charge is -2.09. The van der Waals surface area contributed by atoms with Crippen LogP contribution in [-0.2, 0) is 0 Å². The maximum atomic E-state index is 12.6. The summed E-state index contributed by atoms with van der Waals surface area (Å²) in [4.78, 5) is 19.3. The molecule has 0 unspecified atom stereocenters. The number of benzene rings is 2. The number of hydrogen-bond acceptors (Lipinski definition) is 3. The standard InChI is InChI=1S/C25H22Cl2N2OS/c1-4-6-13-28-25(30)18-9-12-22-21(14-18)29-24(17(5-2)8-7-16(3)26)20-11-10-19(27)15-23(20)31-22/h2,7-12,14-15H,4,6,13H2,1,3H3,(H,28,30)/b16-7+,17-8+. The number of unbranched alkanes of at least 4 members (excludes halogenated alkanes) is 1. The first-order valence-corrected chi connectivity index (χ1v) is 11.5. The van der Waals surface area contributed by atoms with Crippen LogP contribution in [0, 0.1) is 12.3 Å². The van der Waals surface area contributed by atoms with E-state index in [1.165, 1.54) is 0 Å². The number of carbonyl (C=O) groups is 1. The molecule has 0 aliphatic carbocycles. The molecular weight excluding hydrogens is 447 g/mol. The zero-order valence-electron chi connectivity index (χ0n) is 17.3. The molecule has 0 saturated heterocycles. The van der Waals surface area contributed by atoms with Gasteiger partial charge in [-0.15, -0.1) is 6.42 Å². The maximum absolute atomic E-state index is 12.6. The maximum Gasteiger partial charge on any atom is 0.251 e. The molecule has 2 aromatic rings. The average molecular weight is 469 g/mol. The smallest absolute Gasteiger partial charge is 0.251 e. The Bertz CT molecular complexity index is 1140. The number of rotatable bonds is 6. The molecule has 0 saturated carbocycles. The SMILES string of the molecule is C#C/C(=C\C=C(/C)Cl)C1=Nc2cc(C(=O)NCCCC)ccc2Sc2cc(Cl)ccc21. The van der Waals surface area contributed by atoms with Gasteiger partial charge in [0.2, 0.25) is 0 Å². The van der Waals surface area contributed by atoms with Crippen LogP contribution in [0.5, 0.6) is 0 Å². The fraction of sp³-hybridized carbons (Fsp3) is 0.200. The van der Waals surface area contributed by atoms with Gasteiger partial charge in [-0.25, -0.2) is 4.99 Å². The van der Waals surface area contributed by atoms with Crippen LogP contribution in [0.3, 0.4) is 0 Å². The zero-order chi connectivity index (χ0) is 22.4. The Morgan fingerprint density at radius 1 is 1.23 bits per heavy atom. The van der Waals surface area contributed by atoms with Gasteiger partial charge in [-0.2, -0.15) is 0 Å². The molecule has 31 heavy (non-hydrogen) atoms. The number of aliphatic imine (C=N–C) groups is 1. The number of hydrogen-bond donors (Lipinski definition) is 1. The summed E-state index contributed by atoms with van der Waals surface area (Å²) in [6.07, 6.45) is 11.3. The van der Waals surface area contributed by atoms with Crippen LogP contribution in [0.15, 0.2) is 73.9 Å². The molecule has 1 heterocycles. The van der Waals surface area contributed by atoms with Gasteiger partial charge in [0.25, 0.3) is 5.91 Å². The molecule has 0 bridgehead atoms. The summed E-state index contributed by atoms with van der Waals surface area (Å²) in [5, 5.41) is 4.19.